The number of rotatable bonds is 11. The lowest BCUT2D eigenvalue weighted by atomic mass is 10.1. The molecule has 7 aromatic rings. The van der Waals surface area contributed by atoms with Crippen molar-refractivity contribution < 1.29 is 18.8 Å². The van der Waals surface area contributed by atoms with Gasteiger partial charge in [-0.25, -0.2) is 9.37 Å². The van der Waals surface area contributed by atoms with E-state index < -0.39 is 22.9 Å². The second-order valence-electron chi connectivity index (χ2n) is 11.9. The lowest BCUT2D eigenvalue weighted by molar-refractivity contribution is -0.116. The van der Waals surface area contributed by atoms with Gasteiger partial charge < -0.3 is 16.0 Å². The molecule has 7 rings (SSSR count). The first-order chi connectivity index (χ1) is 25.9. The van der Waals surface area contributed by atoms with Gasteiger partial charge in [-0.05, 0) is 64.9 Å². The first kappa shape index (κ1) is 35.1. The number of halogens is 1. The second kappa shape index (κ2) is 16.3. The van der Waals surface area contributed by atoms with Gasteiger partial charge >= 0.3 is 0 Å². The van der Waals surface area contributed by atoms with Crippen molar-refractivity contribution in [3.8, 4) is 11.3 Å². The zero-order chi connectivity index (χ0) is 36.6. The fraction of sp³-hybridized carbons (Fsp3) is 0.0233. The Kier molecular flexibility index (Phi) is 10.8. The van der Waals surface area contributed by atoms with E-state index in [1.54, 1.807) is 60.7 Å². The summed E-state index contributed by atoms with van der Waals surface area (Å²) in [4.78, 5) is 46.0. The average Bonchev–Trinajstić information content (AvgIpc) is 3.66. The standard InChI is InChI=1S/C43H31FN4O3S2/c44-36-21-10-9-18-32(36)25-37(46-40(49)30-15-5-2-6-16-30)41(50)45-34-19-11-20-35(26-34)53-39(29-13-3-1-4-14-29)42(51)48-43-47-38(27-52-43)33-23-22-28-12-7-8-17-31(28)24-33/h1-27,39H,(H,45,50)(H,46,49)(H,47,48,51)/b37-25-. The number of thiazole rings is 1. The molecule has 0 aliphatic carbocycles. The maximum absolute atomic E-state index is 14.6. The van der Waals surface area contributed by atoms with Crippen molar-refractivity contribution in [3.05, 3.63) is 185 Å². The molecule has 53 heavy (non-hydrogen) atoms. The highest BCUT2D eigenvalue weighted by molar-refractivity contribution is 8.00. The minimum atomic E-state index is -0.656. The van der Waals surface area contributed by atoms with Crippen LogP contribution in [0.1, 0.15) is 26.7 Å². The van der Waals surface area contributed by atoms with Crippen LogP contribution < -0.4 is 16.0 Å². The van der Waals surface area contributed by atoms with Crippen LogP contribution in [0.5, 0.6) is 0 Å². The van der Waals surface area contributed by atoms with Crippen LogP contribution in [0.25, 0.3) is 28.1 Å². The molecule has 1 heterocycles. The van der Waals surface area contributed by atoms with Gasteiger partial charge in [-0.1, -0.05) is 109 Å². The summed E-state index contributed by atoms with van der Waals surface area (Å²) >= 11 is 2.67. The number of carbonyl (C=O) groups is 3. The molecule has 6 aromatic carbocycles. The second-order valence-corrected chi connectivity index (χ2v) is 13.9. The molecule has 0 saturated carbocycles. The molecule has 3 amide bonds. The van der Waals surface area contributed by atoms with Gasteiger partial charge in [0.1, 0.15) is 16.8 Å². The third kappa shape index (κ3) is 8.75. The molecule has 260 valence electrons. The topological polar surface area (TPSA) is 100 Å². The van der Waals surface area contributed by atoms with Crippen molar-refractivity contribution in [2.24, 2.45) is 0 Å². The van der Waals surface area contributed by atoms with Crippen LogP contribution in [0.15, 0.2) is 168 Å². The van der Waals surface area contributed by atoms with Crippen molar-refractivity contribution in [3.63, 3.8) is 0 Å². The van der Waals surface area contributed by atoms with E-state index in [9.17, 15) is 18.8 Å². The van der Waals surface area contributed by atoms with Crippen LogP contribution in [0.3, 0.4) is 0 Å². The Balaban J connectivity index is 1.10. The van der Waals surface area contributed by atoms with Gasteiger partial charge in [0.05, 0.1) is 5.69 Å². The number of hydrogen-bond acceptors (Lipinski definition) is 6. The summed E-state index contributed by atoms with van der Waals surface area (Å²) < 4.78 is 14.6. The fourth-order valence-corrected chi connectivity index (χ4v) is 7.36. The molecule has 7 nitrogen and oxygen atoms in total. The van der Waals surface area contributed by atoms with Crippen molar-refractivity contribution in [2.45, 2.75) is 10.1 Å². The maximum Gasteiger partial charge on any atom is 0.272 e. The highest BCUT2D eigenvalue weighted by atomic mass is 32.2. The average molecular weight is 735 g/mol. The molecule has 0 spiro atoms. The van der Waals surface area contributed by atoms with Crippen LogP contribution in [0.2, 0.25) is 0 Å². The molecule has 1 aromatic heterocycles. The smallest absolute Gasteiger partial charge is 0.272 e. The fourth-order valence-electron chi connectivity index (χ4n) is 5.56. The molecule has 0 saturated heterocycles. The van der Waals surface area contributed by atoms with Gasteiger partial charge in [-0.15, -0.1) is 23.1 Å². The van der Waals surface area contributed by atoms with Gasteiger partial charge in [0.15, 0.2) is 5.13 Å². The van der Waals surface area contributed by atoms with Crippen LogP contribution in [0, 0.1) is 5.82 Å². The molecular formula is C43H31FN4O3S2. The van der Waals surface area contributed by atoms with Crippen LogP contribution in [0.4, 0.5) is 15.2 Å². The number of hydrogen-bond donors (Lipinski definition) is 3. The lowest BCUT2D eigenvalue weighted by Gasteiger charge is -2.17. The molecule has 0 bridgehead atoms. The van der Waals surface area contributed by atoms with Crippen LogP contribution >= 0.6 is 23.1 Å². The minimum absolute atomic E-state index is 0.136. The Morgan fingerprint density at radius 2 is 1.43 bits per heavy atom. The first-order valence-corrected chi connectivity index (χ1v) is 18.4. The molecule has 0 radical (unpaired) electrons. The summed E-state index contributed by atoms with van der Waals surface area (Å²) in [5.41, 5.74) is 3.26. The summed E-state index contributed by atoms with van der Waals surface area (Å²) in [6, 6.07) is 45.2. The molecule has 1 unspecified atom stereocenters. The predicted molar refractivity (Wildman–Crippen MR) is 212 cm³/mol. The van der Waals surface area contributed by atoms with Crippen LogP contribution in [-0.4, -0.2) is 22.7 Å². The number of anilines is 2. The van der Waals surface area contributed by atoms with Gasteiger partial charge in [-0.2, -0.15) is 0 Å². The van der Waals surface area contributed by atoms with Crippen molar-refractivity contribution in [1.29, 1.82) is 0 Å². The van der Waals surface area contributed by atoms with E-state index >= 15 is 0 Å². The molecule has 0 aliphatic rings. The number of amides is 3. The Hall–Kier alpha value is -6.36. The number of aromatic nitrogens is 1. The minimum Gasteiger partial charge on any atom is -0.321 e. The molecule has 1 atom stereocenters. The van der Waals surface area contributed by atoms with Crippen molar-refractivity contribution in [2.75, 3.05) is 10.6 Å². The molecule has 0 aliphatic heterocycles. The third-order valence-corrected chi connectivity index (χ3v) is 10.2. The van der Waals surface area contributed by atoms with E-state index in [1.807, 2.05) is 60.0 Å². The number of nitrogens with one attached hydrogen (secondary N) is 3. The number of carbonyl (C=O) groups excluding carboxylic acids is 3. The Bertz CT molecular complexity index is 2450. The highest BCUT2D eigenvalue weighted by Crippen LogP contribution is 2.38. The van der Waals surface area contributed by atoms with Gasteiger partial charge in [0.25, 0.3) is 11.8 Å². The Morgan fingerprint density at radius 3 is 2.23 bits per heavy atom. The van der Waals surface area contributed by atoms with Crippen molar-refractivity contribution in [1.82, 2.24) is 10.3 Å². The summed E-state index contributed by atoms with van der Waals surface area (Å²) in [6.45, 7) is 0. The summed E-state index contributed by atoms with van der Waals surface area (Å²) in [5, 5.41) is 12.5. The summed E-state index contributed by atoms with van der Waals surface area (Å²) in [5.74, 6) is -1.97. The molecule has 0 fully saturated rings. The summed E-state index contributed by atoms with van der Waals surface area (Å²) in [7, 11) is 0. The number of thioether (sulfide) groups is 1. The van der Waals surface area contributed by atoms with Gasteiger partial charge in [-0.3, -0.25) is 14.4 Å². The zero-order valence-corrected chi connectivity index (χ0v) is 29.7. The van der Waals surface area contributed by atoms with E-state index in [2.05, 4.69) is 40.2 Å². The van der Waals surface area contributed by atoms with E-state index in [1.165, 1.54) is 41.3 Å². The first-order valence-electron chi connectivity index (χ1n) is 16.6. The van der Waals surface area contributed by atoms with E-state index in [0.717, 1.165) is 27.6 Å². The van der Waals surface area contributed by atoms with E-state index in [-0.39, 0.29) is 17.2 Å². The highest BCUT2D eigenvalue weighted by Gasteiger charge is 2.24. The number of benzene rings is 6. The van der Waals surface area contributed by atoms with E-state index in [4.69, 9.17) is 4.98 Å². The SMILES string of the molecule is O=C(Nc1cccc(SC(C(=O)Nc2nc(-c3ccc4ccccc4c3)cs2)c2ccccc2)c1)/C(=C/c1ccccc1F)NC(=O)c1ccccc1. The third-order valence-electron chi connectivity index (χ3n) is 8.20. The monoisotopic (exact) mass is 734 g/mol. The Morgan fingerprint density at radius 1 is 0.717 bits per heavy atom. The van der Waals surface area contributed by atoms with E-state index in [0.29, 0.717) is 21.3 Å². The number of nitrogens with zero attached hydrogens (tertiary/aromatic N) is 1. The number of fused-ring (bicyclic) bond motifs is 1. The normalized spacial score (nSPS) is 11.8. The lowest BCUT2D eigenvalue weighted by Crippen LogP contribution is -2.30. The largest absolute Gasteiger partial charge is 0.321 e. The zero-order valence-electron chi connectivity index (χ0n) is 28.0. The van der Waals surface area contributed by atoms with Gasteiger partial charge in [0.2, 0.25) is 5.91 Å². The quantitative estimate of drug-likeness (QED) is 0.0908. The Labute approximate surface area is 313 Å². The van der Waals surface area contributed by atoms with Gasteiger partial charge in [0, 0.05) is 32.7 Å². The predicted octanol–water partition coefficient (Wildman–Crippen LogP) is 9.98. The molecular weight excluding hydrogens is 704 g/mol. The van der Waals surface area contributed by atoms with Crippen LogP contribution in [-0.2, 0) is 9.59 Å². The molecule has 3 N–H and O–H groups in total. The van der Waals surface area contributed by atoms with Crippen molar-refractivity contribution >= 4 is 68.5 Å². The summed E-state index contributed by atoms with van der Waals surface area (Å²) in [6.07, 6.45) is 1.30. The maximum atomic E-state index is 14.6. The molecule has 10 heteroatoms.